The molecule has 3 nitrogen and oxygen atoms in total. The van der Waals surface area contributed by atoms with Gasteiger partial charge in [0.1, 0.15) is 0 Å². The number of hydrogen-bond donors (Lipinski definition) is 1. The van der Waals surface area contributed by atoms with Gasteiger partial charge in [-0.25, -0.2) is 0 Å². The first-order valence-corrected chi connectivity index (χ1v) is 8.17. The molecule has 1 N–H and O–H groups in total. The van der Waals surface area contributed by atoms with Gasteiger partial charge in [-0.2, -0.15) is 0 Å². The molecule has 0 spiro atoms. The highest BCUT2D eigenvalue weighted by Gasteiger charge is 2.28. The average Bonchev–Trinajstić information content (AvgIpc) is 2.97. The predicted octanol–water partition coefficient (Wildman–Crippen LogP) is 3.42. The van der Waals surface area contributed by atoms with E-state index in [1.807, 2.05) is 12.1 Å². The minimum Gasteiger partial charge on any atom is -0.342 e. The zero-order valence-electron chi connectivity index (χ0n) is 12.5. The fourth-order valence-corrected chi connectivity index (χ4v) is 3.74. The number of aromatic nitrogens is 1. The highest BCUT2D eigenvalue weighted by Crippen LogP contribution is 2.32. The van der Waals surface area contributed by atoms with Gasteiger partial charge in [-0.3, -0.25) is 4.79 Å². The lowest BCUT2D eigenvalue weighted by molar-refractivity contribution is 0.0862. The maximum atomic E-state index is 12.8. The summed E-state index contributed by atoms with van der Waals surface area (Å²) in [6.45, 7) is 4.44. The Morgan fingerprint density at radius 2 is 1.85 bits per heavy atom. The monoisotopic (exact) mass is 274 g/mol. The molecule has 0 bridgehead atoms. The van der Waals surface area contributed by atoms with Crippen LogP contribution >= 0.6 is 0 Å². The first-order valence-electron chi connectivity index (χ1n) is 8.17. The number of nitrogens with zero attached hydrogens (tertiary/aromatic N) is 1. The molecule has 2 heterocycles. The summed E-state index contributed by atoms with van der Waals surface area (Å²) in [4.78, 5) is 12.8. The van der Waals surface area contributed by atoms with Crippen molar-refractivity contribution >= 4 is 5.78 Å². The third-order valence-corrected chi connectivity index (χ3v) is 5.12. The lowest BCUT2D eigenvalue weighted by Crippen LogP contribution is -2.31. The highest BCUT2D eigenvalue weighted by atomic mass is 16.1. The Balaban J connectivity index is 1.73. The van der Waals surface area contributed by atoms with E-state index in [1.165, 1.54) is 12.8 Å². The predicted molar refractivity (Wildman–Crippen MR) is 81.0 cm³/mol. The largest absolute Gasteiger partial charge is 0.342 e. The van der Waals surface area contributed by atoms with Crippen LogP contribution in [0.2, 0.25) is 0 Å². The summed E-state index contributed by atoms with van der Waals surface area (Å²) in [6.07, 6.45) is 8.96. The molecule has 2 aliphatic rings. The molecular weight excluding hydrogens is 248 g/mol. The number of carbonyl (C=O) groups excluding carboxylic acids is 1. The third-order valence-electron chi connectivity index (χ3n) is 5.12. The molecule has 1 aliphatic heterocycles. The number of hydrogen-bond acceptors (Lipinski definition) is 2. The first kappa shape index (κ1) is 13.9. The van der Waals surface area contributed by atoms with E-state index < -0.39 is 0 Å². The van der Waals surface area contributed by atoms with Crippen LogP contribution in [0.5, 0.6) is 0 Å². The van der Waals surface area contributed by atoms with Gasteiger partial charge in [0.15, 0.2) is 5.78 Å². The van der Waals surface area contributed by atoms with Crippen molar-refractivity contribution in [2.45, 2.75) is 51.5 Å². The lowest BCUT2D eigenvalue weighted by atomic mass is 9.80. The molecule has 1 saturated heterocycles. The molecule has 3 rings (SSSR count). The van der Waals surface area contributed by atoms with Crippen molar-refractivity contribution in [2.24, 2.45) is 11.8 Å². The Morgan fingerprint density at radius 3 is 2.55 bits per heavy atom. The molecule has 2 fully saturated rings. The van der Waals surface area contributed by atoms with Gasteiger partial charge in [-0.05, 0) is 56.8 Å². The van der Waals surface area contributed by atoms with Crippen molar-refractivity contribution < 1.29 is 4.79 Å². The quantitative estimate of drug-likeness (QED) is 0.857. The smallest absolute Gasteiger partial charge is 0.182 e. The molecule has 0 aromatic carbocycles. The van der Waals surface area contributed by atoms with Crippen molar-refractivity contribution in [3.8, 4) is 0 Å². The van der Waals surface area contributed by atoms with E-state index in [0.29, 0.717) is 11.8 Å². The number of ketones is 1. The standard InChI is InChI=1S/C17H26N2O/c1-13-4-6-14(7-5-13)17(20)16-3-2-12-19(16)15-8-10-18-11-9-15/h2-3,12-15,18H,4-11H2,1H3. The Kier molecular flexibility index (Phi) is 4.25. The number of nitrogens with one attached hydrogen (secondary N) is 1. The molecule has 110 valence electrons. The molecular formula is C17H26N2O. The van der Waals surface area contributed by atoms with Crippen LogP contribution in [0.4, 0.5) is 0 Å². The normalized spacial score (nSPS) is 28.4. The average molecular weight is 274 g/mol. The van der Waals surface area contributed by atoms with Crippen LogP contribution in [-0.2, 0) is 0 Å². The molecule has 3 heteroatoms. The summed E-state index contributed by atoms with van der Waals surface area (Å²) in [5.41, 5.74) is 0.955. The van der Waals surface area contributed by atoms with Gasteiger partial charge in [0.25, 0.3) is 0 Å². The summed E-state index contributed by atoms with van der Waals surface area (Å²) < 4.78 is 2.25. The third kappa shape index (κ3) is 2.83. The van der Waals surface area contributed by atoms with Crippen molar-refractivity contribution in [1.82, 2.24) is 9.88 Å². The second-order valence-electron chi connectivity index (χ2n) is 6.60. The molecule has 0 unspecified atom stereocenters. The van der Waals surface area contributed by atoms with Crippen LogP contribution < -0.4 is 5.32 Å². The zero-order chi connectivity index (χ0) is 13.9. The molecule has 0 atom stereocenters. The summed E-state index contributed by atoms with van der Waals surface area (Å²) in [7, 11) is 0. The Hall–Kier alpha value is -1.09. The SMILES string of the molecule is CC1CCC(C(=O)c2cccn2C2CCNCC2)CC1. The molecule has 1 saturated carbocycles. The maximum Gasteiger partial charge on any atom is 0.182 e. The van der Waals surface area contributed by atoms with Crippen LogP contribution in [0.15, 0.2) is 18.3 Å². The van der Waals surface area contributed by atoms with Gasteiger partial charge in [0.05, 0.1) is 5.69 Å². The molecule has 0 radical (unpaired) electrons. The van der Waals surface area contributed by atoms with E-state index in [-0.39, 0.29) is 5.92 Å². The highest BCUT2D eigenvalue weighted by molar-refractivity contribution is 5.96. The summed E-state index contributed by atoms with van der Waals surface area (Å²) >= 11 is 0. The summed E-state index contributed by atoms with van der Waals surface area (Å²) in [5.74, 6) is 1.46. The van der Waals surface area contributed by atoms with Crippen LogP contribution in [-0.4, -0.2) is 23.4 Å². The van der Waals surface area contributed by atoms with Gasteiger partial charge < -0.3 is 9.88 Å². The number of piperidine rings is 1. The van der Waals surface area contributed by atoms with Gasteiger partial charge in [-0.1, -0.05) is 19.8 Å². The fraction of sp³-hybridized carbons (Fsp3) is 0.706. The molecule has 0 amide bonds. The van der Waals surface area contributed by atoms with Crippen molar-refractivity contribution in [1.29, 1.82) is 0 Å². The molecule has 1 aliphatic carbocycles. The van der Waals surface area contributed by atoms with E-state index in [1.54, 1.807) is 0 Å². The van der Waals surface area contributed by atoms with Crippen LogP contribution in [0.1, 0.15) is 62.0 Å². The minimum atomic E-state index is 0.265. The minimum absolute atomic E-state index is 0.265. The van der Waals surface area contributed by atoms with Gasteiger partial charge in [0, 0.05) is 18.2 Å². The van der Waals surface area contributed by atoms with Gasteiger partial charge in [0.2, 0.25) is 0 Å². The zero-order valence-corrected chi connectivity index (χ0v) is 12.5. The molecule has 1 aromatic rings. The Labute approximate surface area is 121 Å². The van der Waals surface area contributed by atoms with Gasteiger partial charge in [-0.15, -0.1) is 0 Å². The van der Waals surface area contributed by atoms with Crippen LogP contribution in [0.25, 0.3) is 0 Å². The number of rotatable bonds is 3. The molecule has 1 aromatic heterocycles. The fourth-order valence-electron chi connectivity index (χ4n) is 3.74. The maximum absolute atomic E-state index is 12.8. The number of Topliss-reactive ketones (excluding diaryl/α,β-unsaturated/α-hetero) is 1. The van der Waals surface area contributed by atoms with Gasteiger partial charge >= 0.3 is 0 Å². The summed E-state index contributed by atoms with van der Waals surface area (Å²) in [5, 5.41) is 3.40. The van der Waals surface area contributed by atoms with Crippen molar-refractivity contribution in [3.05, 3.63) is 24.0 Å². The van der Waals surface area contributed by atoms with E-state index in [4.69, 9.17) is 0 Å². The van der Waals surface area contributed by atoms with E-state index >= 15 is 0 Å². The Bertz CT molecular complexity index is 451. The summed E-state index contributed by atoms with van der Waals surface area (Å²) in [6, 6.07) is 4.58. The lowest BCUT2D eigenvalue weighted by Gasteiger charge is -2.28. The van der Waals surface area contributed by atoms with Crippen LogP contribution in [0.3, 0.4) is 0 Å². The first-order chi connectivity index (χ1) is 9.75. The van der Waals surface area contributed by atoms with Crippen molar-refractivity contribution in [3.63, 3.8) is 0 Å². The topological polar surface area (TPSA) is 34.0 Å². The van der Waals surface area contributed by atoms with E-state index in [2.05, 4.69) is 23.0 Å². The number of carbonyl (C=O) groups is 1. The second kappa shape index (κ2) is 6.13. The van der Waals surface area contributed by atoms with Crippen LogP contribution in [0, 0.1) is 11.8 Å². The Morgan fingerprint density at radius 1 is 1.15 bits per heavy atom. The van der Waals surface area contributed by atoms with E-state index in [0.717, 1.165) is 50.4 Å². The van der Waals surface area contributed by atoms with E-state index in [9.17, 15) is 4.79 Å². The van der Waals surface area contributed by atoms with Crippen molar-refractivity contribution in [2.75, 3.05) is 13.1 Å². The molecule has 20 heavy (non-hydrogen) atoms. The second-order valence-corrected chi connectivity index (χ2v) is 6.60.